The first kappa shape index (κ1) is 11.2. The van der Waals surface area contributed by atoms with Crippen LogP contribution in [0.1, 0.15) is 33.9 Å². The summed E-state index contributed by atoms with van der Waals surface area (Å²) < 4.78 is 37.0. The van der Waals surface area contributed by atoms with Crippen LogP contribution in [-0.2, 0) is 6.18 Å². The number of Topliss-reactive ketones (excluding diaryl/α,β-unsaturated/α-hetero) is 1. The van der Waals surface area contributed by atoms with Crippen molar-refractivity contribution in [3.05, 3.63) is 16.1 Å². The predicted molar refractivity (Wildman–Crippen MR) is 55.8 cm³/mol. The summed E-state index contributed by atoms with van der Waals surface area (Å²) in [6, 6.07) is 0. The van der Waals surface area contributed by atoms with Gasteiger partial charge in [0.25, 0.3) is 0 Å². The molecule has 1 aromatic heterocycles. The molecule has 17 heavy (non-hydrogen) atoms. The highest BCUT2D eigenvalue weighted by molar-refractivity contribution is 7.13. The second-order valence-electron chi connectivity index (χ2n) is 4.68. The average molecular weight is 261 g/mol. The van der Waals surface area contributed by atoms with Crippen LogP contribution in [0.3, 0.4) is 0 Å². The van der Waals surface area contributed by atoms with Crippen LogP contribution in [0.25, 0.3) is 0 Å². The molecule has 0 saturated heterocycles. The lowest BCUT2D eigenvalue weighted by molar-refractivity contribution is -0.137. The summed E-state index contributed by atoms with van der Waals surface area (Å²) in [6.45, 7) is 0. The van der Waals surface area contributed by atoms with Crippen molar-refractivity contribution in [3.63, 3.8) is 0 Å². The van der Waals surface area contributed by atoms with Gasteiger partial charge in [-0.3, -0.25) is 4.79 Å². The molecule has 2 atom stereocenters. The Morgan fingerprint density at radius 1 is 1.35 bits per heavy atom. The fraction of sp³-hybridized carbons (Fsp3) is 0.636. The molecular weight excluding hydrogens is 251 g/mol. The molecule has 2 saturated carbocycles. The molecule has 0 bridgehead atoms. The summed E-state index contributed by atoms with van der Waals surface area (Å²) in [5.41, 5.74) is 0. The number of rotatable bonds is 2. The maximum atomic E-state index is 12.3. The molecule has 0 radical (unpaired) electrons. The quantitative estimate of drug-likeness (QED) is 0.764. The van der Waals surface area contributed by atoms with Crippen molar-refractivity contribution in [1.82, 2.24) is 4.98 Å². The van der Waals surface area contributed by atoms with Crippen LogP contribution in [0.15, 0.2) is 6.20 Å². The molecule has 0 aliphatic heterocycles. The van der Waals surface area contributed by atoms with E-state index in [2.05, 4.69) is 4.98 Å². The number of hydrogen-bond acceptors (Lipinski definition) is 3. The summed E-state index contributed by atoms with van der Waals surface area (Å²) in [7, 11) is 0. The number of hydrogen-bond donors (Lipinski definition) is 0. The van der Waals surface area contributed by atoms with Gasteiger partial charge in [0, 0.05) is 12.1 Å². The minimum atomic E-state index is -4.44. The van der Waals surface area contributed by atoms with E-state index in [4.69, 9.17) is 0 Å². The van der Waals surface area contributed by atoms with Gasteiger partial charge in [-0.15, -0.1) is 11.3 Å². The van der Waals surface area contributed by atoms with E-state index in [-0.39, 0.29) is 16.6 Å². The van der Waals surface area contributed by atoms with Gasteiger partial charge in [0.15, 0.2) is 10.8 Å². The molecule has 3 rings (SSSR count). The molecule has 2 fully saturated rings. The molecule has 1 heterocycles. The number of thiazole rings is 1. The molecule has 0 aromatic carbocycles. The van der Waals surface area contributed by atoms with E-state index >= 15 is 0 Å². The van der Waals surface area contributed by atoms with Crippen LogP contribution in [0.2, 0.25) is 0 Å². The van der Waals surface area contributed by atoms with Crippen LogP contribution >= 0.6 is 11.3 Å². The molecular formula is C11H10F3NOS. The van der Waals surface area contributed by atoms with Crippen LogP contribution in [0, 0.1) is 17.8 Å². The van der Waals surface area contributed by atoms with Crippen LogP contribution < -0.4 is 0 Å². The highest BCUT2D eigenvalue weighted by atomic mass is 32.1. The Morgan fingerprint density at radius 2 is 2.00 bits per heavy atom. The summed E-state index contributed by atoms with van der Waals surface area (Å²) in [6.07, 6.45) is -0.125. The minimum Gasteiger partial charge on any atom is -0.293 e. The zero-order valence-electron chi connectivity index (χ0n) is 8.83. The number of alkyl halides is 3. The third-order valence-electron chi connectivity index (χ3n) is 3.70. The second kappa shape index (κ2) is 3.54. The van der Waals surface area contributed by atoms with Crippen molar-refractivity contribution in [3.8, 4) is 0 Å². The number of ketones is 1. The third-order valence-corrected chi connectivity index (χ3v) is 4.76. The maximum absolute atomic E-state index is 12.3. The van der Waals surface area contributed by atoms with Crippen molar-refractivity contribution < 1.29 is 18.0 Å². The lowest BCUT2D eigenvalue weighted by atomic mass is 10.1. The maximum Gasteiger partial charge on any atom is 0.443 e. The van der Waals surface area contributed by atoms with E-state index in [9.17, 15) is 18.0 Å². The Balaban J connectivity index is 1.77. The SMILES string of the molecule is O=C(c1cnc(C(F)(F)F)s1)C1C2CCCC21. The molecule has 92 valence electrons. The lowest BCUT2D eigenvalue weighted by Gasteiger charge is -2.00. The lowest BCUT2D eigenvalue weighted by Crippen LogP contribution is -2.04. The number of fused-ring (bicyclic) bond motifs is 1. The van der Waals surface area contributed by atoms with Gasteiger partial charge in [0.1, 0.15) is 0 Å². The smallest absolute Gasteiger partial charge is 0.293 e. The zero-order chi connectivity index (χ0) is 12.2. The summed E-state index contributed by atoms with van der Waals surface area (Å²) in [5.74, 6) is 0.704. The Kier molecular flexibility index (Phi) is 2.33. The van der Waals surface area contributed by atoms with E-state index in [1.165, 1.54) is 0 Å². The Bertz CT molecular complexity index is 458. The molecule has 2 aliphatic rings. The van der Waals surface area contributed by atoms with Gasteiger partial charge in [-0.25, -0.2) is 4.98 Å². The van der Waals surface area contributed by atoms with Crippen LogP contribution in [0.5, 0.6) is 0 Å². The number of nitrogens with zero attached hydrogens (tertiary/aromatic N) is 1. The molecule has 0 N–H and O–H groups in total. The monoisotopic (exact) mass is 261 g/mol. The first-order chi connectivity index (χ1) is 7.98. The van der Waals surface area contributed by atoms with Crippen molar-refractivity contribution in [2.24, 2.45) is 17.8 Å². The van der Waals surface area contributed by atoms with Gasteiger partial charge < -0.3 is 0 Å². The standard InChI is InChI=1S/C11H10F3NOS/c12-11(13,14)10-15-4-7(17-10)9(16)8-5-2-1-3-6(5)8/h4-6,8H,1-3H2. The zero-order valence-corrected chi connectivity index (χ0v) is 9.64. The Hall–Kier alpha value is -0.910. The highest BCUT2D eigenvalue weighted by Crippen LogP contribution is 2.58. The van der Waals surface area contributed by atoms with Crippen LogP contribution in [0.4, 0.5) is 13.2 Å². The van der Waals surface area contributed by atoms with E-state index in [0.29, 0.717) is 23.2 Å². The molecule has 2 unspecified atom stereocenters. The summed E-state index contributed by atoms with van der Waals surface area (Å²) in [4.78, 5) is 15.4. The Morgan fingerprint density at radius 3 is 2.53 bits per heavy atom. The number of halogens is 3. The fourth-order valence-electron chi connectivity index (χ4n) is 2.89. The largest absolute Gasteiger partial charge is 0.443 e. The molecule has 2 aliphatic carbocycles. The van der Waals surface area contributed by atoms with Crippen molar-refractivity contribution in [2.45, 2.75) is 25.4 Å². The first-order valence-electron chi connectivity index (χ1n) is 5.55. The predicted octanol–water partition coefficient (Wildman–Crippen LogP) is 3.39. The van der Waals surface area contributed by atoms with Crippen molar-refractivity contribution in [2.75, 3.05) is 0 Å². The fourth-order valence-corrected chi connectivity index (χ4v) is 3.67. The van der Waals surface area contributed by atoms with Gasteiger partial charge in [0.2, 0.25) is 0 Å². The summed E-state index contributed by atoms with van der Waals surface area (Å²) >= 11 is 0.469. The van der Waals surface area contributed by atoms with Crippen molar-refractivity contribution >= 4 is 17.1 Å². The van der Waals surface area contributed by atoms with E-state index in [0.717, 1.165) is 25.5 Å². The third kappa shape index (κ3) is 1.78. The number of carbonyl (C=O) groups is 1. The second-order valence-corrected chi connectivity index (χ2v) is 5.71. The van der Waals surface area contributed by atoms with E-state index in [1.54, 1.807) is 0 Å². The minimum absolute atomic E-state index is 0.0229. The van der Waals surface area contributed by atoms with Crippen LogP contribution in [-0.4, -0.2) is 10.8 Å². The highest BCUT2D eigenvalue weighted by Gasteiger charge is 2.56. The van der Waals surface area contributed by atoms with Gasteiger partial charge in [-0.1, -0.05) is 6.42 Å². The van der Waals surface area contributed by atoms with E-state index in [1.807, 2.05) is 0 Å². The average Bonchev–Trinajstić information content (AvgIpc) is 2.74. The van der Waals surface area contributed by atoms with Gasteiger partial charge in [-0.05, 0) is 24.7 Å². The van der Waals surface area contributed by atoms with Crippen molar-refractivity contribution in [1.29, 1.82) is 0 Å². The molecule has 0 amide bonds. The molecule has 1 aromatic rings. The Labute approximate surface area is 99.9 Å². The van der Waals surface area contributed by atoms with Gasteiger partial charge in [-0.2, -0.15) is 13.2 Å². The van der Waals surface area contributed by atoms with Gasteiger partial charge in [0.05, 0.1) is 4.88 Å². The number of carbonyl (C=O) groups excluding carboxylic acids is 1. The molecule has 6 heteroatoms. The number of aromatic nitrogens is 1. The first-order valence-corrected chi connectivity index (χ1v) is 6.37. The molecule has 0 spiro atoms. The summed E-state index contributed by atoms with van der Waals surface area (Å²) in [5, 5.41) is -0.924. The van der Waals surface area contributed by atoms with E-state index < -0.39 is 11.2 Å². The van der Waals surface area contributed by atoms with Gasteiger partial charge >= 0.3 is 6.18 Å². The normalized spacial score (nSPS) is 31.4. The topological polar surface area (TPSA) is 30.0 Å². The molecule has 2 nitrogen and oxygen atoms in total.